The van der Waals surface area contributed by atoms with Gasteiger partial charge >= 0.3 is 6.09 Å². The van der Waals surface area contributed by atoms with Crippen molar-refractivity contribution in [3.8, 4) is 5.75 Å². The van der Waals surface area contributed by atoms with Gasteiger partial charge in [0.05, 0.1) is 40.2 Å². The van der Waals surface area contributed by atoms with E-state index in [2.05, 4.69) is 0 Å². The van der Waals surface area contributed by atoms with E-state index in [-0.39, 0.29) is 18.4 Å². The molecule has 5 N–H and O–H groups in total. The molecule has 0 fully saturated rings. The lowest BCUT2D eigenvalue weighted by atomic mass is 10.0. The number of phenols is 1. The van der Waals surface area contributed by atoms with Crippen molar-refractivity contribution in [1.82, 2.24) is 4.57 Å². The van der Waals surface area contributed by atoms with Gasteiger partial charge in [0.2, 0.25) is 0 Å². The number of rotatable bonds is 3. The number of fused-ring (bicyclic) bond motifs is 6. The molecular weight excluding hydrogens is 398 g/mol. The summed E-state index contributed by atoms with van der Waals surface area (Å²) in [6, 6.07) is 7.48. The van der Waals surface area contributed by atoms with Gasteiger partial charge in [-0.15, -0.1) is 0 Å². The molecule has 9 nitrogen and oxygen atoms in total. The second-order valence-electron chi connectivity index (χ2n) is 7.85. The highest BCUT2D eigenvalue weighted by atomic mass is 16.5. The molecule has 2 atom stereocenters. The molecule has 3 heterocycles. The molecule has 5 rings (SSSR count). The number of carbonyl (C=O) groups excluding carboxylic acids is 1. The van der Waals surface area contributed by atoms with Crippen LogP contribution in [-0.4, -0.2) is 28.9 Å². The van der Waals surface area contributed by atoms with Crippen LogP contribution in [0.3, 0.4) is 0 Å². The molecule has 0 aliphatic carbocycles. The fourth-order valence-electron chi connectivity index (χ4n) is 4.72. The van der Waals surface area contributed by atoms with Crippen LogP contribution in [0.5, 0.6) is 5.75 Å². The van der Waals surface area contributed by atoms with Gasteiger partial charge in [0.25, 0.3) is 0 Å². The number of nitrogens with two attached hydrogens (primary N) is 2. The Balaban J connectivity index is 1.95. The molecule has 0 saturated carbocycles. The molecular formula is C22H23N5O4. The summed E-state index contributed by atoms with van der Waals surface area (Å²) in [7, 11) is 1.58. The van der Waals surface area contributed by atoms with Crippen LogP contribution in [0.1, 0.15) is 28.5 Å². The molecule has 0 spiro atoms. The first-order chi connectivity index (χ1) is 14.9. The second kappa shape index (κ2) is 7.07. The Kier molecular flexibility index (Phi) is 4.45. The maximum Gasteiger partial charge on any atom is 0.404 e. The summed E-state index contributed by atoms with van der Waals surface area (Å²) >= 11 is 0. The third-order valence-electron chi connectivity index (χ3n) is 6.10. The largest absolute Gasteiger partial charge is 0.505 e. The van der Waals surface area contributed by atoms with Gasteiger partial charge < -0.3 is 30.6 Å². The number of nitrogens with zero attached hydrogens (tertiary/aromatic N) is 3. The van der Waals surface area contributed by atoms with Crippen LogP contribution in [0, 0.1) is 6.92 Å². The minimum absolute atomic E-state index is 0.0904. The summed E-state index contributed by atoms with van der Waals surface area (Å²) in [5, 5.41) is 13.1. The van der Waals surface area contributed by atoms with Gasteiger partial charge in [-0.3, -0.25) is 4.99 Å². The summed E-state index contributed by atoms with van der Waals surface area (Å²) in [4.78, 5) is 21.1. The Morgan fingerprint density at radius 1 is 1.32 bits per heavy atom. The third-order valence-corrected chi connectivity index (χ3v) is 6.10. The van der Waals surface area contributed by atoms with Crippen LogP contribution in [0.25, 0.3) is 10.9 Å². The number of hydrogen-bond donors (Lipinski definition) is 3. The molecule has 31 heavy (non-hydrogen) atoms. The number of methoxy groups -OCH3 is 1. The van der Waals surface area contributed by atoms with Gasteiger partial charge in [0, 0.05) is 30.2 Å². The van der Waals surface area contributed by atoms with Crippen LogP contribution in [0.2, 0.25) is 0 Å². The van der Waals surface area contributed by atoms with Gasteiger partial charge in [0.15, 0.2) is 0 Å². The molecule has 1 aromatic heterocycles. The fourth-order valence-corrected chi connectivity index (χ4v) is 4.72. The molecule has 2 aliphatic heterocycles. The van der Waals surface area contributed by atoms with E-state index in [4.69, 9.17) is 30.9 Å². The molecule has 1 amide bonds. The number of aromatic nitrogens is 1. The van der Waals surface area contributed by atoms with Gasteiger partial charge in [-0.05, 0) is 18.6 Å². The zero-order valence-electron chi connectivity index (χ0n) is 17.3. The first-order valence-corrected chi connectivity index (χ1v) is 10.0. The molecule has 0 saturated heterocycles. The first-order valence-electron chi connectivity index (χ1n) is 10.0. The molecule has 9 heteroatoms. The number of ether oxygens (including phenoxy) is 2. The summed E-state index contributed by atoms with van der Waals surface area (Å²) in [6.07, 6.45) is -1.32. The molecule has 0 bridgehead atoms. The smallest absolute Gasteiger partial charge is 0.404 e. The molecule has 3 aromatic rings. The van der Waals surface area contributed by atoms with E-state index in [1.54, 1.807) is 7.11 Å². The van der Waals surface area contributed by atoms with Crippen molar-refractivity contribution in [3.05, 3.63) is 57.4 Å². The van der Waals surface area contributed by atoms with Crippen molar-refractivity contribution in [2.75, 3.05) is 7.11 Å². The van der Waals surface area contributed by atoms with Crippen molar-refractivity contribution in [2.45, 2.75) is 38.8 Å². The number of primary amides is 1. The van der Waals surface area contributed by atoms with Crippen molar-refractivity contribution >= 4 is 22.7 Å². The van der Waals surface area contributed by atoms with Crippen molar-refractivity contribution < 1.29 is 19.4 Å². The number of hydrogen-bond acceptors (Lipinski definition) is 7. The van der Waals surface area contributed by atoms with Crippen molar-refractivity contribution in [3.63, 3.8) is 0 Å². The van der Waals surface area contributed by atoms with Crippen LogP contribution in [0.15, 0.2) is 34.3 Å². The van der Waals surface area contributed by atoms with Crippen molar-refractivity contribution in [2.24, 2.45) is 21.5 Å². The summed E-state index contributed by atoms with van der Waals surface area (Å²) in [5.41, 5.74) is 16.0. The van der Waals surface area contributed by atoms with Crippen LogP contribution in [-0.2, 0) is 29.2 Å². The Labute approximate surface area is 177 Å². The standard InChI is InChI=1S/C22H23N5O4/c1-10-16-17(26-14-6-4-3-5-11(14)7-25-16)15-12(9-31-22(24)29)18-21(30-2)13(23)8-27(18)19(15)20(10)28/h3-6,13,21,28H,7-9,23H2,1-2H3,(H2,24,29)/t13-,21+/m0/s1. The Bertz CT molecular complexity index is 1360. The molecule has 160 valence electrons. The summed E-state index contributed by atoms with van der Waals surface area (Å²) in [6.45, 7) is 2.63. The number of para-hydroxylation sites is 1. The van der Waals surface area contributed by atoms with E-state index in [9.17, 15) is 9.90 Å². The van der Waals surface area contributed by atoms with E-state index < -0.39 is 12.2 Å². The minimum atomic E-state index is -0.890. The van der Waals surface area contributed by atoms with E-state index in [0.29, 0.717) is 45.8 Å². The average molecular weight is 421 g/mol. The average Bonchev–Trinajstić information content (AvgIpc) is 3.14. The molecule has 2 aliphatic rings. The number of aromatic hydroxyl groups is 1. The molecule has 0 unspecified atom stereocenters. The predicted octanol–water partition coefficient (Wildman–Crippen LogP) is 1.36. The van der Waals surface area contributed by atoms with Crippen molar-refractivity contribution in [1.29, 1.82) is 0 Å². The van der Waals surface area contributed by atoms with Gasteiger partial charge in [-0.1, -0.05) is 18.2 Å². The zero-order valence-corrected chi connectivity index (χ0v) is 17.3. The monoisotopic (exact) mass is 421 g/mol. The SMILES string of the molecule is CO[C@H]1c2c(COC(N)=O)c3c4c(c(C)c(O)c3n2C[C@@H]1N)=NCc1ccccc1N=4. The first kappa shape index (κ1) is 19.5. The molecule has 0 radical (unpaired) electrons. The van der Waals surface area contributed by atoms with E-state index in [0.717, 1.165) is 16.9 Å². The second-order valence-corrected chi connectivity index (χ2v) is 7.85. The van der Waals surface area contributed by atoms with Gasteiger partial charge in [-0.25, -0.2) is 9.79 Å². The maximum atomic E-state index is 11.4. The summed E-state index contributed by atoms with van der Waals surface area (Å²) in [5.74, 6) is 0.106. The number of carbonyl (C=O) groups is 1. The highest BCUT2D eigenvalue weighted by molar-refractivity contribution is 5.92. The zero-order chi connectivity index (χ0) is 21.9. The van der Waals surface area contributed by atoms with Crippen LogP contribution < -0.4 is 22.2 Å². The van der Waals surface area contributed by atoms with Crippen LogP contribution in [0.4, 0.5) is 10.5 Å². The lowest BCUT2D eigenvalue weighted by Crippen LogP contribution is -2.31. The van der Waals surface area contributed by atoms with E-state index in [1.807, 2.05) is 35.8 Å². The van der Waals surface area contributed by atoms with E-state index >= 15 is 0 Å². The van der Waals surface area contributed by atoms with Crippen LogP contribution >= 0.6 is 0 Å². The normalized spacial score (nSPS) is 19.1. The Morgan fingerprint density at radius 2 is 2.10 bits per heavy atom. The Hall–Kier alpha value is -3.43. The van der Waals surface area contributed by atoms with Gasteiger partial charge in [-0.2, -0.15) is 0 Å². The predicted molar refractivity (Wildman–Crippen MR) is 113 cm³/mol. The highest BCUT2D eigenvalue weighted by Crippen LogP contribution is 2.41. The third kappa shape index (κ3) is 2.81. The lowest BCUT2D eigenvalue weighted by Gasteiger charge is -2.15. The maximum absolute atomic E-state index is 11.4. The number of amides is 1. The number of benzene rings is 2. The van der Waals surface area contributed by atoms with E-state index in [1.165, 1.54) is 0 Å². The molecule has 2 aromatic carbocycles. The quantitative estimate of drug-likeness (QED) is 0.586. The number of phenolic OH excluding ortho intramolecular Hbond substituents is 1. The Morgan fingerprint density at radius 3 is 2.84 bits per heavy atom. The fraction of sp³-hybridized carbons (Fsp3) is 0.318. The topological polar surface area (TPSA) is 137 Å². The minimum Gasteiger partial charge on any atom is -0.505 e. The highest BCUT2D eigenvalue weighted by Gasteiger charge is 2.37. The lowest BCUT2D eigenvalue weighted by molar-refractivity contribution is 0.0878. The summed E-state index contributed by atoms with van der Waals surface area (Å²) < 4.78 is 12.8. The van der Waals surface area contributed by atoms with Gasteiger partial charge in [0.1, 0.15) is 18.5 Å².